The van der Waals surface area contributed by atoms with Crippen LogP contribution in [0.25, 0.3) is 0 Å². The van der Waals surface area contributed by atoms with Crippen molar-refractivity contribution in [1.29, 1.82) is 0 Å². The average molecular weight is 451 g/mol. The number of halogens is 1. The van der Waals surface area contributed by atoms with Crippen LogP contribution in [0.3, 0.4) is 0 Å². The molecule has 6 heteroatoms. The maximum atomic E-state index is 4.99. The monoisotopic (exact) mass is 451 g/mol. The Bertz CT molecular complexity index is 372. The van der Waals surface area contributed by atoms with Gasteiger partial charge < -0.3 is 15.1 Å². The van der Waals surface area contributed by atoms with Crippen molar-refractivity contribution in [3.05, 3.63) is 0 Å². The average Bonchev–Trinajstić information content (AvgIpc) is 3.02. The molecule has 0 amide bonds. The van der Waals surface area contributed by atoms with Crippen LogP contribution in [0, 0.1) is 5.92 Å². The number of piperidine rings is 1. The van der Waals surface area contributed by atoms with Crippen molar-refractivity contribution in [3.8, 4) is 0 Å². The number of nitrogens with zero attached hydrogens (tertiary/aromatic N) is 4. The number of aliphatic imine (C=N–C) groups is 1. The number of likely N-dealkylation sites (N-methyl/N-ethyl adjacent to an activating group) is 1. The van der Waals surface area contributed by atoms with E-state index >= 15 is 0 Å². The number of hydrogen-bond acceptors (Lipinski definition) is 3. The Labute approximate surface area is 166 Å². The van der Waals surface area contributed by atoms with Gasteiger partial charge in [-0.1, -0.05) is 13.8 Å². The van der Waals surface area contributed by atoms with E-state index in [4.69, 9.17) is 4.99 Å². The fraction of sp³-hybridized carbons (Fsp3) is 0.944. The van der Waals surface area contributed by atoms with E-state index in [1.165, 1.54) is 32.4 Å². The summed E-state index contributed by atoms with van der Waals surface area (Å²) in [7, 11) is 2.23. The summed E-state index contributed by atoms with van der Waals surface area (Å²) in [6, 6.07) is 0.690. The fourth-order valence-electron chi connectivity index (χ4n) is 4.04. The molecule has 0 aromatic heterocycles. The summed E-state index contributed by atoms with van der Waals surface area (Å²) in [6.45, 7) is 15.6. The molecule has 2 rings (SSSR count). The standard InChI is InChI=1S/C18H37N5.HI/c1-5-19-18(20-13-16-9-8-11-21(4)14-16)23-12-10-17(15-23)22(6-2)7-3;/h16-17H,5-15H2,1-4H3,(H,19,20);1H. The normalized spacial score (nSPS) is 25.9. The summed E-state index contributed by atoms with van der Waals surface area (Å²) in [5.41, 5.74) is 0. The molecule has 2 fully saturated rings. The van der Waals surface area contributed by atoms with E-state index in [0.717, 1.165) is 51.1 Å². The van der Waals surface area contributed by atoms with Crippen LogP contribution in [-0.2, 0) is 0 Å². The first-order valence-electron chi connectivity index (χ1n) is 9.63. The van der Waals surface area contributed by atoms with Crippen LogP contribution in [0.15, 0.2) is 4.99 Å². The van der Waals surface area contributed by atoms with E-state index in [1.54, 1.807) is 0 Å². The molecule has 0 radical (unpaired) electrons. The van der Waals surface area contributed by atoms with Gasteiger partial charge in [0.2, 0.25) is 0 Å². The maximum Gasteiger partial charge on any atom is 0.193 e. The summed E-state index contributed by atoms with van der Waals surface area (Å²) >= 11 is 0. The van der Waals surface area contributed by atoms with Gasteiger partial charge in [0, 0.05) is 38.8 Å². The lowest BCUT2D eigenvalue weighted by Crippen LogP contribution is -2.43. The topological polar surface area (TPSA) is 34.1 Å². The minimum atomic E-state index is 0. The first kappa shape index (κ1) is 22.0. The summed E-state index contributed by atoms with van der Waals surface area (Å²) in [5.74, 6) is 1.86. The number of nitrogens with one attached hydrogen (secondary N) is 1. The van der Waals surface area contributed by atoms with Gasteiger partial charge >= 0.3 is 0 Å². The number of guanidine groups is 1. The first-order chi connectivity index (χ1) is 11.2. The molecule has 24 heavy (non-hydrogen) atoms. The van der Waals surface area contributed by atoms with Gasteiger partial charge in [-0.15, -0.1) is 24.0 Å². The Kier molecular flexibility index (Phi) is 10.5. The molecular formula is C18H38IN5. The molecule has 0 aromatic carbocycles. The van der Waals surface area contributed by atoms with Crippen LogP contribution >= 0.6 is 24.0 Å². The molecule has 2 heterocycles. The smallest absolute Gasteiger partial charge is 0.193 e. The van der Waals surface area contributed by atoms with Crippen molar-refractivity contribution in [2.24, 2.45) is 10.9 Å². The van der Waals surface area contributed by atoms with Crippen molar-refractivity contribution in [2.45, 2.75) is 46.1 Å². The quantitative estimate of drug-likeness (QED) is 0.382. The molecule has 0 aromatic rings. The highest BCUT2D eigenvalue weighted by Gasteiger charge is 2.28. The van der Waals surface area contributed by atoms with Crippen molar-refractivity contribution < 1.29 is 0 Å². The molecule has 2 aliphatic heterocycles. The van der Waals surface area contributed by atoms with Gasteiger partial charge in [0.15, 0.2) is 5.96 Å². The minimum Gasteiger partial charge on any atom is -0.357 e. The van der Waals surface area contributed by atoms with E-state index in [0.29, 0.717) is 6.04 Å². The van der Waals surface area contributed by atoms with Crippen LogP contribution in [0.4, 0.5) is 0 Å². The number of hydrogen-bond donors (Lipinski definition) is 1. The van der Waals surface area contributed by atoms with Gasteiger partial charge in [-0.3, -0.25) is 9.89 Å². The maximum absolute atomic E-state index is 4.99. The molecule has 1 N–H and O–H groups in total. The third-order valence-corrected chi connectivity index (χ3v) is 5.35. The van der Waals surface area contributed by atoms with Gasteiger partial charge in [0.25, 0.3) is 0 Å². The highest BCUT2D eigenvalue weighted by Crippen LogP contribution is 2.17. The second-order valence-electron chi connectivity index (χ2n) is 7.07. The second kappa shape index (κ2) is 11.5. The minimum absolute atomic E-state index is 0. The second-order valence-corrected chi connectivity index (χ2v) is 7.07. The predicted molar refractivity (Wildman–Crippen MR) is 115 cm³/mol. The molecule has 142 valence electrons. The third kappa shape index (κ3) is 6.33. The van der Waals surface area contributed by atoms with Crippen LogP contribution < -0.4 is 5.32 Å². The van der Waals surface area contributed by atoms with Gasteiger partial charge in [0.05, 0.1) is 0 Å². The SMILES string of the molecule is CCNC(=NCC1CCCN(C)C1)N1CCC(N(CC)CC)C1.I. The van der Waals surface area contributed by atoms with Gasteiger partial charge in [0.1, 0.15) is 0 Å². The highest BCUT2D eigenvalue weighted by atomic mass is 127. The number of rotatable bonds is 6. The van der Waals surface area contributed by atoms with Crippen molar-refractivity contribution >= 4 is 29.9 Å². The van der Waals surface area contributed by atoms with E-state index in [2.05, 4.69) is 47.8 Å². The molecular weight excluding hydrogens is 413 g/mol. The molecule has 0 bridgehead atoms. The van der Waals surface area contributed by atoms with Crippen molar-refractivity contribution in [2.75, 3.05) is 59.4 Å². The third-order valence-electron chi connectivity index (χ3n) is 5.35. The van der Waals surface area contributed by atoms with Gasteiger partial charge in [-0.05, 0) is 58.8 Å². The van der Waals surface area contributed by atoms with E-state index in [1.807, 2.05) is 0 Å². The van der Waals surface area contributed by atoms with Gasteiger partial charge in [-0.25, -0.2) is 0 Å². The summed E-state index contributed by atoms with van der Waals surface area (Å²) in [5, 5.41) is 3.51. The molecule has 2 saturated heterocycles. The molecule has 0 spiro atoms. The predicted octanol–water partition coefficient (Wildman–Crippen LogP) is 2.33. The fourth-order valence-corrected chi connectivity index (χ4v) is 4.04. The lowest BCUT2D eigenvalue weighted by Gasteiger charge is -2.30. The van der Waals surface area contributed by atoms with Crippen LogP contribution in [0.1, 0.15) is 40.0 Å². The van der Waals surface area contributed by atoms with Crippen LogP contribution in [-0.4, -0.2) is 86.1 Å². The Hall–Kier alpha value is -0.0800. The molecule has 2 unspecified atom stereocenters. The van der Waals surface area contributed by atoms with Crippen molar-refractivity contribution in [1.82, 2.24) is 20.0 Å². The molecule has 0 aliphatic carbocycles. The Morgan fingerprint density at radius 1 is 1.12 bits per heavy atom. The molecule has 2 aliphatic rings. The zero-order chi connectivity index (χ0) is 16.7. The summed E-state index contributed by atoms with van der Waals surface area (Å²) in [4.78, 5) is 12.5. The summed E-state index contributed by atoms with van der Waals surface area (Å²) in [6.07, 6.45) is 3.91. The molecule has 5 nitrogen and oxygen atoms in total. The first-order valence-corrected chi connectivity index (χ1v) is 9.63. The number of likely N-dealkylation sites (tertiary alicyclic amines) is 2. The Morgan fingerprint density at radius 2 is 1.88 bits per heavy atom. The Morgan fingerprint density at radius 3 is 2.50 bits per heavy atom. The van der Waals surface area contributed by atoms with Crippen molar-refractivity contribution in [3.63, 3.8) is 0 Å². The largest absolute Gasteiger partial charge is 0.357 e. The van der Waals surface area contributed by atoms with E-state index < -0.39 is 0 Å². The molecule has 0 saturated carbocycles. The van der Waals surface area contributed by atoms with Crippen LogP contribution in [0.5, 0.6) is 0 Å². The zero-order valence-electron chi connectivity index (χ0n) is 16.1. The highest BCUT2D eigenvalue weighted by molar-refractivity contribution is 14.0. The summed E-state index contributed by atoms with van der Waals surface area (Å²) < 4.78 is 0. The lowest BCUT2D eigenvalue weighted by molar-refractivity contribution is 0.213. The van der Waals surface area contributed by atoms with Gasteiger partial charge in [-0.2, -0.15) is 0 Å². The van der Waals surface area contributed by atoms with Crippen LogP contribution in [0.2, 0.25) is 0 Å². The van der Waals surface area contributed by atoms with E-state index in [-0.39, 0.29) is 24.0 Å². The van der Waals surface area contributed by atoms with E-state index in [9.17, 15) is 0 Å². The molecule has 2 atom stereocenters. The lowest BCUT2D eigenvalue weighted by atomic mass is 9.99. The zero-order valence-corrected chi connectivity index (χ0v) is 18.5. The Balaban J connectivity index is 0.00000288.